The fourth-order valence-corrected chi connectivity index (χ4v) is 5.85. The maximum Gasteiger partial charge on any atom is 0.318 e. The van der Waals surface area contributed by atoms with Gasteiger partial charge in [0.05, 0.1) is 0 Å². The van der Waals surface area contributed by atoms with Crippen molar-refractivity contribution < 1.29 is 9.59 Å². The number of aromatic amines is 1. The summed E-state index contributed by atoms with van der Waals surface area (Å²) in [6, 6.07) is 25.5. The molecule has 3 N–H and O–H groups in total. The summed E-state index contributed by atoms with van der Waals surface area (Å²) < 4.78 is 0. The number of aromatic nitrogens is 1. The predicted octanol–water partition coefficient (Wildman–Crippen LogP) is 5.97. The van der Waals surface area contributed by atoms with Crippen LogP contribution in [-0.2, 0) is 11.2 Å². The lowest BCUT2D eigenvalue weighted by atomic mass is 9.89. The Balaban J connectivity index is 1.35. The number of H-pyrrole nitrogens is 1. The van der Waals surface area contributed by atoms with Crippen LogP contribution >= 0.6 is 0 Å². The van der Waals surface area contributed by atoms with Crippen molar-refractivity contribution >= 4 is 28.5 Å². The SMILES string of the molecule is CC(c1c[nH]c2ccccc12)C(NC(=O)N1CCC(c2ccccc2)CC1)C(=O)Nc1ccccc1CCN(C)C. The third kappa shape index (κ3) is 6.80. The van der Waals surface area contributed by atoms with Crippen LogP contribution in [0.1, 0.15) is 48.3 Å². The Morgan fingerprint density at radius 2 is 1.63 bits per heavy atom. The Hall–Kier alpha value is -4.10. The molecule has 2 atom stereocenters. The van der Waals surface area contributed by atoms with E-state index in [9.17, 15) is 9.59 Å². The van der Waals surface area contributed by atoms with Crippen LogP contribution in [0.5, 0.6) is 0 Å². The molecule has 1 aliphatic heterocycles. The van der Waals surface area contributed by atoms with Gasteiger partial charge in [-0.05, 0) is 68.1 Å². The zero-order chi connectivity index (χ0) is 28.8. The molecule has 0 spiro atoms. The van der Waals surface area contributed by atoms with Gasteiger partial charge in [0.25, 0.3) is 0 Å². The van der Waals surface area contributed by atoms with Crippen LogP contribution < -0.4 is 10.6 Å². The molecule has 2 heterocycles. The smallest absolute Gasteiger partial charge is 0.318 e. The number of likely N-dealkylation sites (tertiary alicyclic amines) is 1. The third-order valence-electron chi connectivity index (χ3n) is 8.33. The highest BCUT2D eigenvalue weighted by molar-refractivity contribution is 5.99. The molecular weight excluding hydrogens is 510 g/mol. The summed E-state index contributed by atoms with van der Waals surface area (Å²) in [6.45, 7) is 4.21. The number of hydrogen-bond donors (Lipinski definition) is 3. The summed E-state index contributed by atoms with van der Waals surface area (Å²) in [5, 5.41) is 7.36. The van der Waals surface area contributed by atoms with E-state index in [4.69, 9.17) is 0 Å². The second kappa shape index (κ2) is 13.0. The van der Waals surface area contributed by atoms with Gasteiger partial charge in [0.1, 0.15) is 6.04 Å². The average Bonchev–Trinajstić information content (AvgIpc) is 3.44. The minimum absolute atomic E-state index is 0.191. The number of nitrogens with one attached hydrogen (secondary N) is 3. The van der Waals surface area contributed by atoms with Gasteiger partial charge in [0.2, 0.25) is 5.91 Å². The van der Waals surface area contributed by atoms with Gasteiger partial charge in [0, 0.05) is 48.3 Å². The number of rotatable bonds is 9. The van der Waals surface area contributed by atoms with E-state index >= 15 is 0 Å². The number of fused-ring (bicyclic) bond motifs is 1. The van der Waals surface area contributed by atoms with E-state index in [0.29, 0.717) is 19.0 Å². The first kappa shape index (κ1) is 28.4. The molecule has 3 amide bonds. The van der Waals surface area contributed by atoms with Crippen LogP contribution in [0.4, 0.5) is 10.5 Å². The summed E-state index contributed by atoms with van der Waals surface area (Å²) in [6.07, 6.45) is 4.59. The van der Waals surface area contributed by atoms with Crippen LogP contribution in [0.2, 0.25) is 0 Å². The number of hydrogen-bond acceptors (Lipinski definition) is 3. The fraction of sp³-hybridized carbons (Fsp3) is 0.353. The molecule has 1 aliphatic rings. The van der Waals surface area contributed by atoms with Gasteiger partial charge in [-0.3, -0.25) is 4.79 Å². The van der Waals surface area contributed by atoms with Gasteiger partial charge in [0.15, 0.2) is 0 Å². The summed E-state index contributed by atoms with van der Waals surface area (Å²) in [5.74, 6) is -0.0262. The molecule has 41 heavy (non-hydrogen) atoms. The molecule has 2 unspecified atom stereocenters. The van der Waals surface area contributed by atoms with Crippen molar-refractivity contribution in [1.82, 2.24) is 20.1 Å². The molecular formula is C34H41N5O2. The number of benzene rings is 3. The Bertz CT molecular complexity index is 1460. The van der Waals surface area contributed by atoms with Gasteiger partial charge >= 0.3 is 6.03 Å². The number of piperidine rings is 1. The van der Waals surface area contributed by atoms with Crippen LogP contribution in [0.3, 0.4) is 0 Å². The minimum atomic E-state index is -0.754. The first-order valence-electron chi connectivity index (χ1n) is 14.6. The van der Waals surface area contributed by atoms with Gasteiger partial charge in [-0.25, -0.2) is 4.79 Å². The van der Waals surface area contributed by atoms with Gasteiger partial charge in [-0.2, -0.15) is 0 Å². The number of likely N-dealkylation sites (N-methyl/N-ethyl adjacent to an activating group) is 1. The van der Waals surface area contributed by atoms with Crippen LogP contribution in [0, 0.1) is 0 Å². The first-order valence-corrected chi connectivity index (χ1v) is 14.6. The molecule has 0 radical (unpaired) electrons. The Labute approximate surface area is 242 Å². The number of para-hydroxylation sites is 2. The van der Waals surface area contributed by atoms with E-state index in [2.05, 4.69) is 50.8 Å². The monoisotopic (exact) mass is 551 g/mol. The van der Waals surface area contributed by atoms with Crippen molar-refractivity contribution in [2.75, 3.05) is 39.0 Å². The highest BCUT2D eigenvalue weighted by Crippen LogP contribution is 2.30. The molecule has 5 rings (SSSR count). The van der Waals surface area contributed by atoms with Crippen molar-refractivity contribution in [3.05, 3.63) is 102 Å². The number of urea groups is 1. The zero-order valence-electron chi connectivity index (χ0n) is 24.3. The Morgan fingerprint density at radius 3 is 2.39 bits per heavy atom. The quantitative estimate of drug-likeness (QED) is 0.240. The molecule has 3 aromatic carbocycles. The average molecular weight is 552 g/mol. The van der Waals surface area contributed by atoms with Gasteiger partial charge in [-0.15, -0.1) is 0 Å². The molecule has 214 valence electrons. The van der Waals surface area contributed by atoms with Crippen molar-refractivity contribution in [3.8, 4) is 0 Å². The van der Waals surface area contributed by atoms with E-state index in [1.54, 1.807) is 0 Å². The first-order chi connectivity index (χ1) is 19.9. The highest BCUT2D eigenvalue weighted by Gasteiger charge is 2.32. The molecule has 0 aliphatic carbocycles. The maximum atomic E-state index is 14.0. The van der Waals surface area contributed by atoms with Crippen molar-refractivity contribution in [2.45, 2.75) is 44.1 Å². The molecule has 7 nitrogen and oxygen atoms in total. The lowest BCUT2D eigenvalue weighted by molar-refractivity contribution is -0.118. The van der Waals surface area contributed by atoms with Gasteiger partial charge < -0.3 is 25.4 Å². The van der Waals surface area contributed by atoms with E-state index in [1.807, 2.05) is 80.6 Å². The van der Waals surface area contributed by atoms with Crippen LogP contribution in [0.25, 0.3) is 10.9 Å². The van der Waals surface area contributed by atoms with Gasteiger partial charge in [-0.1, -0.05) is 73.7 Å². The van der Waals surface area contributed by atoms with E-state index in [1.165, 1.54) is 5.56 Å². The lowest BCUT2D eigenvalue weighted by Gasteiger charge is -2.34. The van der Waals surface area contributed by atoms with E-state index in [-0.39, 0.29) is 17.9 Å². The minimum Gasteiger partial charge on any atom is -0.361 e. The van der Waals surface area contributed by atoms with Crippen molar-refractivity contribution in [2.24, 2.45) is 0 Å². The van der Waals surface area contributed by atoms with E-state index in [0.717, 1.165) is 53.5 Å². The fourth-order valence-electron chi connectivity index (χ4n) is 5.85. The second-order valence-corrected chi connectivity index (χ2v) is 11.4. The molecule has 7 heteroatoms. The van der Waals surface area contributed by atoms with Crippen molar-refractivity contribution in [1.29, 1.82) is 0 Å². The summed E-state index contributed by atoms with van der Waals surface area (Å²) in [4.78, 5) is 34.9. The standard InChI is InChI=1S/C34H41N5O2/c1-24(29-23-35-31-16-10-8-14-28(29)31)32(33(40)36-30-15-9-7-13-27(30)17-20-38(2)3)37-34(41)39-21-18-26(19-22-39)25-11-5-4-6-12-25/h4-16,23-24,26,32,35H,17-22H2,1-3H3,(H,36,40)(H,37,41). The van der Waals surface area contributed by atoms with E-state index < -0.39 is 6.04 Å². The maximum absolute atomic E-state index is 14.0. The number of amides is 3. The largest absolute Gasteiger partial charge is 0.361 e. The Morgan fingerprint density at radius 1 is 0.951 bits per heavy atom. The molecule has 4 aromatic rings. The summed E-state index contributed by atoms with van der Waals surface area (Å²) >= 11 is 0. The second-order valence-electron chi connectivity index (χ2n) is 11.4. The summed E-state index contributed by atoms with van der Waals surface area (Å²) in [5.41, 5.74) is 5.20. The lowest BCUT2D eigenvalue weighted by Crippen LogP contribution is -2.53. The topological polar surface area (TPSA) is 80.5 Å². The zero-order valence-corrected chi connectivity index (χ0v) is 24.3. The van der Waals surface area contributed by atoms with Crippen molar-refractivity contribution in [3.63, 3.8) is 0 Å². The molecule has 0 bridgehead atoms. The van der Waals surface area contributed by atoms with Crippen LogP contribution in [0.15, 0.2) is 85.1 Å². The third-order valence-corrected chi connectivity index (χ3v) is 8.33. The molecule has 1 fully saturated rings. The summed E-state index contributed by atoms with van der Waals surface area (Å²) in [7, 11) is 4.08. The predicted molar refractivity (Wildman–Crippen MR) is 166 cm³/mol. The molecule has 1 saturated heterocycles. The normalized spacial score (nSPS) is 15.6. The number of nitrogens with zero attached hydrogens (tertiary/aromatic N) is 2. The number of carbonyl (C=O) groups is 2. The highest BCUT2D eigenvalue weighted by atomic mass is 16.2. The molecule has 0 saturated carbocycles. The number of anilines is 1. The Kier molecular flexibility index (Phi) is 9.04. The number of carbonyl (C=O) groups excluding carboxylic acids is 2. The van der Waals surface area contributed by atoms with Crippen LogP contribution in [-0.4, -0.2) is 66.5 Å². The molecule has 1 aromatic heterocycles.